The molecule has 0 radical (unpaired) electrons. The van der Waals surface area contributed by atoms with Crippen LogP contribution < -0.4 is 10.2 Å². The van der Waals surface area contributed by atoms with Crippen LogP contribution in [0.2, 0.25) is 0 Å². The molecule has 0 saturated carbocycles. The van der Waals surface area contributed by atoms with E-state index in [1.54, 1.807) is 0 Å². The number of benzene rings is 2. The number of anilines is 2. The molecule has 0 aliphatic carbocycles. The van der Waals surface area contributed by atoms with Crippen molar-refractivity contribution in [3.05, 3.63) is 59.7 Å². The van der Waals surface area contributed by atoms with Crippen molar-refractivity contribution in [1.29, 1.82) is 0 Å². The molecule has 1 aliphatic heterocycles. The summed E-state index contributed by atoms with van der Waals surface area (Å²) >= 11 is 0. The first-order valence-corrected chi connectivity index (χ1v) is 8.94. The first-order chi connectivity index (χ1) is 12.2. The molecule has 0 fully saturated rings. The number of carbonyl (C=O) groups is 2. The molecule has 0 bridgehead atoms. The summed E-state index contributed by atoms with van der Waals surface area (Å²) in [6.45, 7) is 2.82. The first-order valence-electron chi connectivity index (χ1n) is 8.94. The van der Waals surface area contributed by atoms with Gasteiger partial charge in [-0.15, -0.1) is 0 Å². The number of rotatable bonds is 6. The molecule has 0 saturated heterocycles. The summed E-state index contributed by atoms with van der Waals surface area (Å²) in [6.07, 6.45) is 3.40. The number of nitrogens with zero attached hydrogens (tertiary/aromatic N) is 1. The van der Waals surface area contributed by atoms with Crippen LogP contribution in [-0.4, -0.2) is 18.4 Å². The van der Waals surface area contributed by atoms with E-state index in [0.29, 0.717) is 12.8 Å². The Balaban J connectivity index is 1.64. The zero-order valence-corrected chi connectivity index (χ0v) is 14.6. The Morgan fingerprint density at radius 3 is 2.68 bits per heavy atom. The minimum Gasteiger partial charge on any atom is -0.326 e. The monoisotopic (exact) mass is 336 g/mol. The summed E-state index contributed by atoms with van der Waals surface area (Å²) in [5.74, 6) is 0.204. The van der Waals surface area contributed by atoms with Crippen molar-refractivity contribution in [3.8, 4) is 0 Å². The van der Waals surface area contributed by atoms with Gasteiger partial charge in [0.05, 0.1) is 0 Å². The van der Waals surface area contributed by atoms with Crippen LogP contribution in [0.3, 0.4) is 0 Å². The van der Waals surface area contributed by atoms with Gasteiger partial charge >= 0.3 is 0 Å². The SMILES string of the molecule is CCCN1C(=O)CCc2cc(NC(=O)CCc3ccccc3)ccc21. The van der Waals surface area contributed by atoms with E-state index in [1.807, 2.05) is 53.4 Å². The molecule has 2 aromatic carbocycles. The second-order valence-corrected chi connectivity index (χ2v) is 6.42. The molecule has 0 atom stereocenters. The minimum atomic E-state index is 0.0149. The van der Waals surface area contributed by atoms with Crippen molar-refractivity contribution in [2.24, 2.45) is 0 Å². The zero-order valence-electron chi connectivity index (χ0n) is 14.6. The predicted molar refractivity (Wildman–Crippen MR) is 101 cm³/mol. The second kappa shape index (κ2) is 7.97. The molecule has 0 aromatic heterocycles. The zero-order chi connectivity index (χ0) is 17.6. The molecule has 4 heteroatoms. The van der Waals surface area contributed by atoms with Gasteiger partial charge in [0.2, 0.25) is 11.8 Å². The molecule has 1 N–H and O–H groups in total. The second-order valence-electron chi connectivity index (χ2n) is 6.42. The number of carbonyl (C=O) groups excluding carboxylic acids is 2. The first kappa shape index (κ1) is 17.2. The lowest BCUT2D eigenvalue weighted by molar-refractivity contribution is -0.119. The highest BCUT2D eigenvalue weighted by atomic mass is 16.2. The van der Waals surface area contributed by atoms with E-state index in [9.17, 15) is 9.59 Å². The molecular weight excluding hydrogens is 312 g/mol. The quantitative estimate of drug-likeness (QED) is 0.868. The number of amides is 2. The van der Waals surface area contributed by atoms with E-state index in [0.717, 1.165) is 48.3 Å². The third-order valence-corrected chi connectivity index (χ3v) is 4.49. The van der Waals surface area contributed by atoms with E-state index < -0.39 is 0 Å². The normalized spacial score (nSPS) is 13.5. The van der Waals surface area contributed by atoms with E-state index in [-0.39, 0.29) is 11.8 Å². The van der Waals surface area contributed by atoms with E-state index in [4.69, 9.17) is 0 Å². The molecular formula is C21H24N2O2. The van der Waals surface area contributed by atoms with E-state index >= 15 is 0 Å². The topological polar surface area (TPSA) is 49.4 Å². The Morgan fingerprint density at radius 2 is 1.92 bits per heavy atom. The van der Waals surface area contributed by atoms with E-state index in [2.05, 4.69) is 12.2 Å². The van der Waals surface area contributed by atoms with Crippen molar-refractivity contribution in [3.63, 3.8) is 0 Å². The summed E-state index contributed by atoms with van der Waals surface area (Å²) in [6, 6.07) is 15.9. The molecule has 2 aromatic rings. The van der Waals surface area contributed by atoms with Crippen molar-refractivity contribution >= 4 is 23.2 Å². The van der Waals surface area contributed by atoms with Crippen LogP contribution in [0.4, 0.5) is 11.4 Å². The smallest absolute Gasteiger partial charge is 0.227 e. The molecule has 4 nitrogen and oxygen atoms in total. The van der Waals surface area contributed by atoms with Crippen LogP contribution in [0.15, 0.2) is 48.5 Å². The Labute approximate surface area is 148 Å². The third-order valence-electron chi connectivity index (χ3n) is 4.49. The van der Waals surface area contributed by atoms with Gasteiger partial charge in [0.15, 0.2) is 0 Å². The Bertz CT molecular complexity index is 756. The average molecular weight is 336 g/mol. The number of nitrogens with one attached hydrogen (secondary N) is 1. The molecule has 130 valence electrons. The van der Waals surface area contributed by atoms with Crippen LogP contribution >= 0.6 is 0 Å². The van der Waals surface area contributed by atoms with Crippen molar-refractivity contribution in [2.45, 2.75) is 39.0 Å². The summed E-state index contributed by atoms with van der Waals surface area (Å²) in [7, 11) is 0. The van der Waals surface area contributed by atoms with Crippen LogP contribution in [-0.2, 0) is 22.4 Å². The fourth-order valence-electron chi connectivity index (χ4n) is 3.23. The molecule has 0 spiro atoms. The summed E-state index contributed by atoms with van der Waals surface area (Å²) in [5.41, 5.74) is 4.09. The van der Waals surface area contributed by atoms with Crippen molar-refractivity contribution in [1.82, 2.24) is 0 Å². The van der Waals surface area contributed by atoms with Crippen LogP contribution in [0.5, 0.6) is 0 Å². The van der Waals surface area contributed by atoms with Gasteiger partial charge in [-0.1, -0.05) is 37.3 Å². The average Bonchev–Trinajstić information content (AvgIpc) is 2.63. The number of aryl methyl sites for hydroxylation is 2. The summed E-state index contributed by atoms with van der Waals surface area (Å²) in [5, 5.41) is 2.98. The Kier molecular flexibility index (Phi) is 5.49. The Morgan fingerprint density at radius 1 is 1.12 bits per heavy atom. The predicted octanol–water partition coefficient (Wildman–Crippen LogP) is 3.95. The minimum absolute atomic E-state index is 0.0149. The van der Waals surface area contributed by atoms with Gasteiger partial charge in [-0.2, -0.15) is 0 Å². The largest absolute Gasteiger partial charge is 0.326 e. The van der Waals surface area contributed by atoms with Gasteiger partial charge in [0.1, 0.15) is 0 Å². The van der Waals surface area contributed by atoms with Crippen molar-refractivity contribution < 1.29 is 9.59 Å². The van der Waals surface area contributed by atoms with Gasteiger partial charge < -0.3 is 10.2 Å². The maximum atomic E-state index is 12.2. The molecule has 3 rings (SSSR count). The lowest BCUT2D eigenvalue weighted by Crippen LogP contribution is -2.35. The van der Waals surface area contributed by atoms with E-state index in [1.165, 1.54) is 0 Å². The molecule has 0 unspecified atom stereocenters. The number of fused-ring (bicyclic) bond motifs is 1. The van der Waals surface area contributed by atoms with Gasteiger partial charge in [-0.25, -0.2) is 0 Å². The Hall–Kier alpha value is -2.62. The van der Waals surface area contributed by atoms with Crippen LogP contribution in [0.1, 0.15) is 37.3 Å². The fourth-order valence-corrected chi connectivity index (χ4v) is 3.23. The van der Waals surface area contributed by atoms with Gasteiger partial charge in [-0.05, 0) is 48.6 Å². The van der Waals surface area contributed by atoms with Gasteiger partial charge in [0, 0.05) is 30.8 Å². The van der Waals surface area contributed by atoms with Crippen LogP contribution in [0.25, 0.3) is 0 Å². The third kappa shape index (κ3) is 4.27. The number of hydrogen-bond donors (Lipinski definition) is 1. The molecule has 25 heavy (non-hydrogen) atoms. The van der Waals surface area contributed by atoms with Crippen LogP contribution in [0, 0.1) is 0 Å². The maximum Gasteiger partial charge on any atom is 0.227 e. The number of hydrogen-bond acceptors (Lipinski definition) is 2. The summed E-state index contributed by atoms with van der Waals surface area (Å²) < 4.78 is 0. The standard InChI is InChI=1S/C21H24N2O2/c1-2-14-23-19-11-10-18(15-17(19)9-13-21(23)25)22-20(24)12-8-16-6-4-3-5-7-16/h3-7,10-11,15H,2,8-9,12-14H2,1H3,(H,22,24). The van der Waals surface area contributed by atoms with Crippen molar-refractivity contribution in [2.75, 3.05) is 16.8 Å². The van der Waals surface area contributed by atoms with Gasteiger partial charge in [-0.3, -0.25) is 9.59 Å². The lowest BCUT2D eigenvalue weighted by Gasteiger charge is -2.29. The highest BCUT2D eigenvalue weighted by Gasteiger charge is 2.23. The summed E-state index contributed by atoms with van der Waals surface area (Å²) in [4.78, 5) is 26.1. The van der Waals surface area contributed by atoms with Gasteiger partial charge in [0.25, 0.3) is 0 Å². The molecule has 1 aliphatic rings. The highest BCUT2D eigenvalue weighted by Crippen LogP contribution is 2.30. The molecule has 1 heterocycles. The fraction of sp³-hybridized carbons (Fsp3) is 0.333. The molecule has 2 amide bonds. The lowest BCUT2D eigenvalue weighted by atomic mass is 10.00. The maximum absolute atomic E-state index is 12.2. The highest BCUT2D eigenvalue weighted by molar-refractivity contribution is 5.97.